The number of nitro benzene ring substituents is 2. The van der Waals surface area contributed by atoms with Crippen molar-refractivity contribution in [2.24, 2.45) is 0 Å². The summed E-state index contributed by atoms with van der Waals surface area (Å²) in [7, 11) is 2.05. The van der Waals surface area contributed by atoms with E-state index in [9.17, 15) is 34.2 Å². The van der Waals surface area contributed by atoms with Gasteiger partial charge in [-0.3, -0.25) is 20.2 Å². The molecule has 0 saturated carbocycles. The van der Waals surface area contributed by atoms with Gasteiger partial charge in [-0.15, -0.1) is 0 Å². The first-order valence-corrected chi connectivity index (χ1v) is 12.5. The van der Waals surface area contributed by atoms with Gasteiger partial charge in [-0.2, -0.15) is 0 Å². The van der Waals surface area contributed by atoms with E-state index in [4.69, 9.17) is 9.47 Å². The molecule has 3 rings (SSSR count). The predicted octanol–water partition coefficient (Wildman–Crippen LogP) is 4.99. The van der Waals surface area contributed by atoms with Crippen LogP contribution < -0.4 is 4.90 Å². The summed E-state index contributed by atoms with van der Waals surface area (Å²) in [5.41, 5.74) is -1.78. The third-order valence-electron chi connectivity index (χ3n) is 5.44. The number of piperazine rings is 1. The highest BCUT2D eigenvalue weighted by Gasteiger charge is 2.28. The van der Waals surface area contributed by atoms with Crippen molar-refractivity contribution < 1.29 is 33.3 Å². The molecular formula is C27H35FN4O8. The second-order valence-corrected chi connectivity index (χ2v) is 11.2. The first-order chi connectivity index (χ1) is 18.4. The number of rotatable bonds is 5. The van der Waals surface area contributed by atoms with Gasteiger partial charge in [0, 0.05) is 37.9 Å². The smallest absolute Gasteiger partial charge is 0.345 e. The maximum atomic E-state index is 12.9. The Labute approximate surface area is 232 Å². The summed E-state index contributed by atoms with van der Waals surface area (Å²) in [6.07, 6.45) is 0. The van der Waals surface area contributed by atoms with Gasteiger partial charge in [-0.25, -0.2) is 14.0 Å². The van der Waals surface area contributed by atoms with E-state index < -0.39 is 44.5 Å². The second kappa shape index (κ2) is 12.8. The molecule has 1 aliphatic heterocycles. The Morgan fingerprint density at radius 1 is 0.775 bits per heavy atom. The summed E-state index contributed by atoms with van der Waals surface area (Å²) in [5.74, 6) is -2.29. The molecule has 1 aliphatic rings. The van der Waals surface area contributed by atoms with Gasteiger partial charge in [-0.1, -0.05) is 0 Å². The van der Waals surface area contributed by atoms with Crippen molar-refractivity contribution in [3.8, 4) is 0 Å². The summed E-state index contributed by atoms with van der Waals surface area (Å²) in [4.78, 5) is 48.8. The molecule has 1 saturated heterocycles. The minimum absolute atomic E-state index is 0.0113. The molecule has 1 fully saturated rings. The minimum atomic E-state index is -0.843. The molecule has 0 N–H and O–H groups in total. The standard InChI is InChI=1S/C16H23N3O4.C11H12FNO4/c1-16(2,3)23-15(20)13-6-5-12(11-14(13)19(21)22)18-9-7-17(4)8-10-18;1-11(2,3)17-10(14)8-5-4-7(12)6-9(8)13(15)16/h5-6,11H,7-10H2,1-4H3;4-6H,1-3H3. The maximum Gasteiger partial charge on any atom is 0.345 e. The highest BCUT2D eigenvalue weighted by atomic mass is 19.1. The largest absolute Gasteiger partial charge is 0.456 e. The molecule has 1 heterocycles. The second-order valence-electron chi connectivity index (χ2n) is 11.2. The van der Waals surface area contributed by atoms with Crippen LogP contribution in [0.15, 0.2) is 36.4 Å². The van der Waals surface area contributed by atoms with Crippen LogP contribution in [0.25, 0.3) is 0 Å². The molecule has 2 aromatic carbocycles. The van der Waals surface area contributed by atoms with Crippen LogP contribution in [0, 0.1) is 26.0 Å². The van der Waals surface area contributed by atoms with Crippen LogP contribution in [-0.4, -0.2) is 71.1 Å². The van der Waals surface area contributed by atoms with Gasteiger partial charge >= 0.3 is 11.9 Å². The number of ether oxygens (including phenoxy) is 2. The lowest BCUT2D eigenvalue weighted by atomic mass is 10.1. The molecule has 0 bridgehead atoms. The number of halogens is 1. The van der Waals surface area contributed by atoms with Crippen LogP contribution in [-0.2, 0) is 9.47 Å². The predicted molar refractivity (Wildman–Crippen MR) is 146 cm³/mol. The third kappa shape index (κ3) is 9.56. The molecule has 0 aliphatic carbocycles. The van der Waals surface area contributed by atoms with Crippen molar-refractivity contribution in [1.82, 2.24) is 4.90 Å². The average Bonchev–Trinajstić information content (AvgIpc) is 2.82. The number of likely N-dealkylation sites (N-methyl/N-ethyl adjacent to an activating group) is 1. The van der Waals surface area contributed by atoms with Crippen LogP contribution >= 0.6 is 0 Å². The van der Waals surface area contributed by atoms with E-state index in [2.05, 4.69) is 9.80 Å². The fourth-order valence-electron chi connectivity index (χ4n) is 3.60. The Hall–Kier alpha value is -4.13. The molecular weight excluding hydrogens is 527 g/mol. The van der Waals surface area contributed by atoms with Crippen LogP contribution in [0.4, 0.5) is 21.5 Å². The summed E-state index contributed by atoms with van der Waals surface area (Å²) < 4.78 is 23.1. The quantitative estimate of drug-likeness (QED) is 0.277. The lowest BCUT2D eigenvalue weighted by Gasteiger charge is -2.34. The van der Waals surface area contributed by atoms with Crippen LogP contribution in [0.1, 0.15) is 62.3 Å². The number of benzene rings is 2. The first kappa shape index (κ1) is 32.1. The highest BCUT2D eigenvalue weighted by molar-refractivity contribution is 5.95. The maximum absolute atomic E-state index is 12.9. The molecule has 40 heavy (non-hydrogen) atoms. The summed E-state index contributed by atoms with van der Waals surface area (Å²) in [6, 6.07) is 7.41. The molecule has 0 atom stereocenters. The molecule has 0 unspecified atom stereocenters. The summed E-state index contributed by atoms with van der Waals surface area (Å²) in [6.45, 7) is 13.5. The minimum Gasteiger partial charge on any atom is -0.456 e. The molecule has 2 aromatic rings. The van der Waals surface area contributed by atoms with Gasteiger partial charge in [0.2, 0.25) is 0 Å². The topological polar surface area (TPSA) is 145 Å². The zero-order valence-corrected chi connectivity index (χ0v) is 23.7. The molecule has 13 heteroatoms. The van der Waals surface area contributed by atoms with Gasteiger partial charge in [0.25, 0.3) is 11.4 Å². The fourth-order valence-corrected chi connectivity index (χ4v) is 3.60. The number of esters is 2. The Morgan fingerprint density at radius 3 is 1.62 bits per heavy atom. The van der Waals surface area contributed by atoms with Gasteiger partial charge in [0.05, 0.1) is 15.9 Å². The summed E-state index contributed by atoms with van der Waals surface area (Å²) in [5, 5.41) is 22.0. The van der Waals surface area contributed by atoms with Crippen LogP contribution in [0.3, 0.4) is 0 Å². The zero-order valence-electron chi connectivity index (χ0n) is 23.7. The van der Waals surface area contributed by atoms with Gasteiger partial charge in [-0.05, 0) is 72.9 Å². The van der Waals surface area contributed by atoms with Crippen molar-refractivity contribution in [3.63, 3.8) is 0 Å². The zero-order chi connectivity index (χ0) is 30.4. The van der Waals surface area contributed by atoms with Gasteiger partial charge in [0.15, 0.2) is 0 Å². The fraction of sp³-hybridized carbons (Fsp3) is 0.481. The van der Waals surface area contributed by atoms with E-state index in [1.807, 2.05) is 7.05 Å². The first-order valence-electron chi connectivity index (χ1n) is 12.5. The highest BCUT2D eigenvalue weighted by Crippen LogP contribution is 2.28. The van der Waals surface area contributed by atoms with Crippen LogP contribution in [0.5, 0.6) is 0 Å². The molecule has 12 nitrogen and oxygen atoms in total. The lowest BCUT2D eigenvalue weighted by molar-refractivity contribution is -0.385. The van der Waals surface area contributed by atoms with Gasteiger partial charge in [0.1, 0.15) is 28.1 Å². The number of carbonyl (C=O) groups excluding carboxylic acids is 2. The molecule has 0 aromatic heterocycles. The Morgan fingerprint density at radius 2 is 1.20 bits per heavy atom. The van der Waals surface area contributed by atoms with Crippen LogP contribution in [0.2, 0.25) is 0 Å². The number of hydrogen-bond acceptors (Lipinski definition) is 10. The van der Waals surface area contributed by atoms with E-state index in [1.165, 1.54) is 12.1 Å². The number of nitrogens with zero attached hydrogens (tertiary/aromatic N) is 4. The molecule has 218 valence electrons. The lowest BCUT2D eigenvalue weighted by Crippen LogP contribution is -2.44. The van der Waals surface area contributed by atoms with E-state index in [-0.39, 0.29) is 16.8 Å². The Bertz CT molecular complexity index is 1260. The summed E-state index contributed by atoms with van der Waals surface area (Å²) >= 11 is 0. The number of carbonyl (C=O) groups is 2. The normalized spacial score (nSPS) is 14.1. The van der Waals surface area contributed by atoms with Crippen molar-refractivity contribution in [1.29, 1.82) is 0 Å². The molecule has 0 radical (unpaired) electrons. The number of hydrogen-bond donors (Lipinski definition) is 0. The van der Waals surface area contributed by atoms with E-state index in [1.54, 1.807) is 47.6 Å². The van der Waals surface area contributed by atoms with E-state index in [0.717, 1.165) is 44.0 Å². The SMILES string of the molecule is CC(C)(C)OC(=O)c1ccc(F)cc1[N+](=O)[O-].CN1CCN(c2ccc(C(=O)OC(C)(C)C)c([N+](=O)[O-])c2)CC1. The number of nitro groups is 2. The van der Waals surface area contributed by atoms with E-state index in [0.29, 0.717) is 6.07 Å². The van der Waals surface area contributed by atoms with Crippen molar-refractivity contribution >= 4 is 29.0 Å². The Kier molecular flexibility index (Phi) is 10.3. The van der Waals surface area contributed by atoms with Crippen molar-refractivity contribution in [3.05, 3.63) is 73.6 Å². The number of anilines is 1. The third-order valence-corrected chi connectivity index (χ3v) is 5.44. The monoisotopic (exact) mass is 562 g/mol. The average molecular weight is 563 g/mol. The van der Waals surface area contributed by atoms with Crippen molar-refractivity contribution in [2.45, 2.75) is 52.7 Å². The molecule has 0 spiro atoms. The van der Waals surface area contributed by atoms with Crippen molar-refractivity contribution in [2.75, 3.05) is 38.1 Å². The van der Waals surface area contributed by atoms with E-state index >= 15 is 0 Å². The van der Waals surface area contributed by atoms with Gasteiger partial charge < -0.3 is 19.3 Å². The molecule has 0 amide bonds. The Balaban J connectivity index is 0.000000294.